The number of rotatable bonds is 5. The predicted molar refractivity (Wildman–Crippen MR) is 110 cm³/mol. The number of hydrogen-bond acceptors (Lipinski definition) is 7. The lowest BCUT2D eigenvalue weighted by Gasteiger charge is -2.22. The van der Waals surface area contributed by atoms with Crippen LogP contribution in [0.3, 0.4) is 0 Å². The highest BCUT2D eigenvalue weighted by Gasteiger charge is 2.29. The maximum absolute atomic E-state index is 13.2. The summed E-state index contributed by atoms with van der Waals surface area (Å²) >= 11 is 0. The third kappa shape index (κ3) is 3.06. The van der Waals surface area contributed by atoms with Gasteiger partial charge in [-0.1, -0.05) is 17.4 Å². The molecular weight excluding hydrogens is 388 g/mol. The number of fused-ring (bicyclic) bond motifs is 3. The van der Waals surface area contributed by atoms with Gasteiger partial charge in [-0.3, -0.25) is 0 Å². The van der Waals surface area contributed by atoms with Gasteiger partial charge >= 0.3 is 0 Å². The first-order valence-electron chi connectivity index (χ1n) is 9.46. The van der Waals surface area contributed by atoms with Gasteiger partial charge in [0.05, 0.1) is 22.1 Å². The second kappa shape index (κ2) is 7.29. The van der Waals surface area contributed by atoms with E-state index in [1.807, 2.05) is 24.8 Å². The molecular formula is C20H20N6O2S. The van der Waals surface area contributed by atoms with Crippen molar-refractivity contribution in [2.75, 3.05) is 18.0 Å². The number of hydrogen-bond donors (Lipinski definition) is 0. The van der Waals surface area contributed by atoms with Gasteiger partial charge < -0.3 is 4.90 Å². The van der Waals surface area contributed by atoms with Crippen LogP contribution in [0.4, 0.5) is 5.82 Å². The molecule has 2 heterocycles. The van der Waals surface area contributed by atoms with Crippen LogP contribution in [0.1, 0.15) is 32.3 Å². The van der Waals surface area contributed by atoms with Crippen molar-refractivity contribution in [1.29, 1.82) is 5.26 Å². The Balaban J connectivity index is 2.05. The zero-order chi connectivity index (χ0) is 20.6. The molecule has 0 saturated heterocycles. The Labute approximate surface area is 168 Å². The van der Waals surface area contributed by atoms with Crippen LogP contribution in [0.15, 0.2) is 46.4 Å². The fraction of sp³-hybridized carbons (Fsp3) is 0.300. The maximum atomic E-state index is 13.2. The molecule has 8 nitrogen and oxygen atoms in total. The van der Waals surface area contributed by atoms with E-state index in [0.717, 1.165) is 5.39 Å². The molecule has 9 heteroatoms. The molecule has 1 aliphatic carbocycles. The number of nitrogens with zero attached hydrogens (tertiary/aromatic N) is 6. The number of allylic oxidation sites excluding steroid dienone is 4. The van der Waals surface area contributed by atoms with Crippen molar-refractivity contribution in [2.45, 2.75) is 31.7 Å². The molecule has 1 aromatic carbocycles. The summed E-state index contributed by atoms with van der Waals surface area (Å²) in [6.45, 7) is 5.37. The van der Waals surface area contributed by atoms with Gasteiger partial charge in [0.2, 0.25) is 14.9 Å². The summed E-state index contributed by atoms with van der Waals surface area (Å²) < 4.78 is 27.8. The fourth-order valence-electron chi connectivity index (χ4n) is 3.52. The van der Waals surface area contributed by atoms with E-state index in [9.17, 15) is 13.7 Å². The molecule has 4 rings (SSSR count). The van der Waals surface area contributed by atoms with Crippen LogP contribution in [0.5, 0.6) is 0 Å². The molecule has 148 valence electrons. The van der Waals surface area contributed by atoms with E-state index < -0.39 is 9.84 Å². The summed E-state index contributed by atoms with van der Waals surface area (Å²) in [6, 6.07) is 7.32. The quantitative estimate of drug-likeness (QED) is 0.639. The molecule has 0 radical (unpaired) electrons. The SMILES string of the molecule is CCN(CC)c1nc2c(S(=O)(=O)C3=CC=CCC3)nnn2c2ccc(C#N)cc12. The summed E-state index contributed by atoms with van der Waals surface area (Å²) in [5.74, 6) is 0.617. The van der Waals surface area contributed by atoms with Gasteiger partial charge in [0.25, 0.3) is 0 Å². The summed E-state index contributed by atoms with van der Waals surface area (Å²) in [5, 5.41) is 18.0. The third-order valence-electron chi connectivity index (χ3n) is 5.06. The van der Waals surface area contributed by atoms with Crippen LogP contribution in [-0.4, -0.2) is 41.3 Å². The van der Waals surface area contributed by atoms with Crippen LogP contribution < -0.4 is 4.90 Å². The number of nitriles is 1. The zero-order valence-corrected chi connectivity index (χ0v) is 17.0. The zero-order valence-electron chi connectivity index (χ0n) is 16.2. The first-order chi connectivity index (χ1) is 14.0. The lowest BCUT2D eigenvalue weighted by atomic mass is 10.1. The molecule has 1 aliphatic rings. The molecule has 0 fully saturated rings. The summed E-state index contributed by atoms with van der Waals surface area (Å²) in [4.78, 5) is 7.01. The van der Waals surface area contributed by atoms with E-state index in [2.05, 4.69) is 21.4 Å². The Kier molecular flexibility index (Phi) is 4.80. The minimum atomic E-state index is -3.80. The van der Waals surface area contributed by atoms with Gasteiger partial charge in [-0.2, -0.15) is 9.78 Å². The third-order valence-corrected chi connectivity index (χ3v) is 6.87. The van der Waals surface area contributed by atoms with Gasteiger partial charge in [0, 0.05) is 18.5 Å². The second-order valence-corrected chi connectivity index (χ2v) is 8.60. The number of anilines is 1. The summed E-state index contributed by atoms with van der Waals surface area (Å²) in [7, 11) is -3.80. The van der Waals surface area contributed by atoms with Crippen molar-refractivity contribution in [2.24, 2.45) is 0 Å². The van der Waals surface area contributed by atoms with Crippen LogP contribution in [0, 0.1) is 11.3 Å². The van der Waals surface area contributed by atoms with Gasteiger partial charge in [-0.05, 0) is 51.0 Å². The van der Waals surface area contributed by atoms with Crippen molar-refractivity contribution in [3.05, 3.63) is 46.9 Å². The largest absolute Gasteiger partial charge is 0.357 e. The fourth-order valence-corrected chi connectivity index (χ4v) is 4.93. The Morgan fingerprint density at radius 2 is 2.07 bits per heavy atom. The van der Waals surface area contributed by atoms with Gasteiger partial charge in [0.15, 0.2) is 5.65 Å². The van der Waals surface area contributed by atoms with Crippen molar-refractivity contribution >= 4 is 32.2 Å². The first-order valence-corrected chi connectivity index (χ1v) is 10.9. The molecule has 0 unspecified atom stereocenters. The summed E-state index contributed by atoms with van der Waals surface area (Å²) in [5.41, 5.74) is 1.35. The molecule has 0 atom stereocenters. The lowest BCUT2D eigenvalue weighted by molar-refractivity contribution is 0.596. The smallest absolute Gasteiger partial charge is 0.228 e. The normalized spacial score (nSPS) is 14.2. The standard InChI is InChI=1S/C20H20N6O2S/c1-3-25(4-2)18-16-12-14(13-21)10-11-17(16)26-19(22-18)20(23-24-26)29(27,28)15-8-6-5-7-9-15/h5-6,8,10-12H,3-4,7,9H2,1-2H3. The second-order valence-electron chi connectivity index (χ2n) is 6.68. The van der Waals surface area contributed by atoms with Crippen molar-refractivity contribution in [3.63, 3.8) is 0 Å². The topological polar surface area (TPSA) is 104 Å². The minimum absolute atomic E-state index is 0.140. The molecule has 0 saturated carbocycles. The average molecular weight is 408 g/mol. The average Bonchev–Trinajstić information content (AvgIpc) is 3.19. The van der Waals surface area contributed by atoms with Gasteiger partial charge in [0.1, 0.15) is 5.82 Å². The van der Waals surface area contributed by atoms with Gasteiger partial charge in [-0.15, -0.1) is 5.10 Å². The van der Waals surface area contributed by atoms with E-state index in [0.29, 0.717) is 47.7 Å². The number of benzene rings is 1. The number of aromatic nitrogens is 4. The molecule has 0 N–H and O–H groups in total. The highest BCUT2D eigenvalue weighted by atomic mass is 32.2. The van der Waals surface area contributed by atoms with Crippen molar-refractivity contribution in [1.82, 2.24) is 19.8 Å². The highest BCUT2D eigenvalue weighted by Crippen LogP contribution is 2.31. The van der Waals surface area contributed by atoms with Crippen molar-refractivity contribution in [3.8, 4) is 6.07 Å². The van der Waals surface area contributed by atoms with Crippen LogP contribution in [0.25, 0.3) is 16.6 Å². The highest BCUT2D eigenvalue weighted by molar-refractivity contribution is 7.95. The molecule has 29 heavy (non-hydrogen) atoms. The predicted octanol–water partition coefficient (Wildman–Crippen LogP) is 3.00. The molecule has 0 aliphatic heterocycles. The molecule has 3 aromatic rings. The molecule has 0 bridgehead atoms. The first kappa shape index (κ1) is 19.1. The Bertz CT molecular complexity index is 1310. The Morgan fingerprint density at radius 3 is 2.72 bits per heavy atom. The van der Waals surface area contributed by atoms with Gasteiger partial charge in [-0.25, -0.2) is 13.4 Å². The maximum Gasteiger partial charge on any atom is 0.228 e. The molecule has 0 amide bonds. The van der Waals surface area contributed by atoms with E-state index in [1.165, 1.54) is 4.52 Å². The van der Waals surface area contributed by atoms with E-state index in [1.54, 1.807) is 30.4 Å². The lowest BCUT2D eigenvalue weighted by Crippen LogP contribution is -2.24. The minimum Gasteiger partial charge on any atom is -0.357 e. The van der Waals surface area contributed by atoms with Crippen LogP contribution >= 0.6 is 0 Å². The van der Waals surface area contributed by atoms with E-state index in [4.69, 9.17) is 0 Å². The van der Waals surface area contributed by atoms with E-state index in [-0.39, 0.29) is 10.7 Å². The summed E-state index contributed by atoms with van der Waals surface area (Å²) in [6.07, 6.45) is 6.38. The molecule has 2 aromatic heterocycles. The van der Waals surface area contributed by atoms with Crippen LogP contribution in [0.2, 0.25) is 0 Å². The van der Waals surface area contributed by atoms with E-state index >= 15 is 0 Å². The molecule has 0 spiro atoms. The van der Waals surface area contributed by atoms with Crippen molar-refractivity contribution < 1.29 is 8.42 Å². The number of sulfone groups is 1. The monoisotopic (exact) mass is 408 g/mol. The Hall–Kier alpha value is -3.25. The Morgan fingerprint density at radius 1 is 1.28 bits per heavy atom. The van der Waals surface area contributed by atoms with Crippen LogP contribution in [-0.2, 0) is 9.84 Å².